The second-order valence-electron chi connectivity index (χ2n) is 7.37. The molecule has 0 amide bonds. The molecule has 4 rings (SSSR count). The predicted octanol–water partition coefficient (Wildman–Crippen LogP) is 2.67. The Hall–Kier alpha value is -2.29. The Labute approximate surface area is 155 Å². The van der Waals surface area contributed by atoms with Gasteiger partial charge in [0.2, 0.25) is 5.72 Å². The third-order valence-electron chi connectivity index (χ3n) is 5.10. The molecule has 148 valence electrons. The van der Waals surface area contributed by atoms with E-state index in [0.717, 1.165) is 37.3 Å². The normalized spacial score (nSPS) is 27.8. The highest BCUT2D eigenvalue weighted by Gasteiger charge is 2.59. The van der Waals surface area contributed by atoms with Crippen molar-refractivity contribution in [3.8, 4) is 0 Å². The van der Waals surface area contributed by atoms with E-state index in [0.29, 0.717) is 5.92 Å². The van der Waals surface area contributed by atoms with E-state index in [1.165, 1.54) is 5.56 Å². The van der Waals surface area contributed by atoms with E-state index < -0.39 is 12.1 Å². The molecule has 3 atom stereocenters. The van der Waals surface area contributed by atoms with Gasteiger partial charge in [-0.05, 0) is 44.3 Å². The van der Waals surface area contributed by atoms with Gasteiger partial charge in [-0.2, -0.15) is 13.2 Å². The molecule has 27 heavy (non-hydrogen) atoms. The number of carbonyl (C=O) groups is 1. The van der Waals surface area contributed by atoms with Crippen molar-refractivity contribution in [2.45, 2.75) is 32.3 Å². The van der Waals surface area contributed by atoms with Gasteiger partial charge < -0.3 is 20.2 Å². The SMILES string of the molecule is CC1(C)ON=C(C2[C@H]3CNC[C@@H]23)N1Cc1ccccc1.O=C(O)C(F)(F)F. The number of aliphatic carboxylic acids is 1. The van der Waals surface area contributed by atoms with Crippen LogP contribution in [0.5, 0.6) is 0 Å². The maximum absolute atomic E-state index is 10.6. The van der Waals surface area contributed by atoms with Gasteiger partial charge in [-0.1, -0.05) is 35.5 Å². The highest BCUT2D eigenvalue weighted by molar-refractivity contribution is 5.89. The Morgan fingerprint density at radius 2 is 1.85 bits per heavy atom. The van der Waals surface area contributed by atoms with Crippen LogP contribution in [-0.2, 0) is 16.2 Å². The molecular weight excluding hydrogens is 363 g/mol. The largest absolute Gasteiger partial charge is 0.490 e. The van der Waals surface area contributed by atoms with Gasteiger partial charge in [-0.15, -0.1) is 0 Å². The van der Waals surface area contributed by atoms with Gasteiger partial charge in [-0.3, -0.25) is 0 Å². The summed E-state index contributed by atoms with van der Waals surface area (Å²) in [5.41, 5.74) is 0.970. The van der Waals surface area contributed by atoms with E-state index in [1.807, 2.05) is 0 Å². The fourth-order valence-electron chi connectivity index (χ4n) is 3.61. The maximum Gasteiger partial charge on any atom is 0.490 e. The molecule has 0 spiro atoms. The molecule has 1 unspecified atom stereocenters. The number of fused-ring (bicyclic) bond motifs is 1. The number of nitrogens with one attached hydrogen (secondary N) is 1. The standard InChI is InChI=1S/C16H21N3O.C2HF3O2/c1-16(2)19(10-11-6-4-3-5-7-11)15(18-20-16)14-12-8-17-9-13(12)14;3-2(4,5)1(6)7/h3-7,12-14,17H,8-10H2,1-2H3;(H,6,7)/t12-,13+,14?;. The number of alkyl halides is 3. The number of halogens is 3. The van der Waals surface area contributed by atoms with E-state index >= 15 is 0 Å². The number of carboxylic acid groups (broad SMARTS) is 1. The maximum atomic E-state index is 10.6. The summed E-state index contributed by atoms with van der Waals surface area (Å²) in [6.45, 7) is 7.34. The first-order chi connectivity index (χ1) is 12.6. The molecule has 0 aromatic heterocycles. The van der Waals surface area contributed by atoms with Crippen molar-refractivity contribution in [2.24, 2.45) is 22.9 Å². The number of amidine groups is 1. The summed E-state index contributed by atoms with van der Waals surface area (Å²) in [6.07, 6.45) is -5.08. The van der Waals surface area contributed by atoms with Crippen molar-refractivity contribution >= 4 is 11.8 Å². The first kappa shape index (κ1) is 19.5. The Balaban J connectivity index is 0.000000260. The lowest BCUT2D eigenvalue weighted by Crippen LogP contribution is -2.44. The fraction of sp³-hybridized carbons (Fsp3) is 0.556. The summed E-state index contributed by atoms with van der Waals surface area (Å²) < 4.78 is 31.7. The third-order valence-corrected chi connectivity index (χ3v) is 5.10. The predicted molar refractivity (Wildman–Crippen MR) is 91.6 cm³/mol. The minimum atomic E-state index is -5.08. The molecule has 9 heteroatoms. The van der Waals surface area contributed by atoms with Crippen LogP contribution in [0.2, 0.25) is 0 Å². The highest BCUT2D eigenvalue weighted by atomic mass is 19.4. The molecule has 0 bridgehead atoms. The molecular formula is C18H22F3N3O3. The van der Waals surface area contributed by atoms with Crippen molar-refractivity contribution in [3.63, 3.8) is 0 Å². The smallest absolute Gasteiger partial charge is 0.475 e. The first-order valence-electron chi connectivity index (χ1n) is 8.69. The number of carboxylic acids is 1. The van der Waals surface area contributed by atoms with Crippen LogP contribution in [0.25, 0.3) is 0 Å². The molecule has 2 aliphatic heterocycles. The van der Waals surface area contributed by atoms with Gasteiger partial charge >= 0.3 is 12.1 Å². The molecule has 3 aliphatic rings. The van der Waals surface area contributed by atoms with Crippen LogP contribution in [0.1, 0.15) is 19.4 Å². The van der Waals surface area contributed by atoms with Crippen LogP contribution in [0, 0.1) is 17.8 Å². The van der Waals surface area contributed by atoms with Crippen LogP contribution in [0.15, 0.2) is 35.5 Å². The first-order valence-corrected chi connectivity index (χ1v) is 8.69. The molecule has 1 saturated heterocycles. The van der Waals surface area contributed by atoms with Crippen molar-refractivity contribution in [2.75, 3.05) is 13.1 Å². The summed E-state index contributed by atoms with van der Waals surface area (Å²) >= 11 is 0. The number of hydrogen-bond donors (Lipinski definition) is 2. The van der Waals surface area contributed by atoms with Crippen molar-refractivity contribution < 1.29 is 27.9 Å². The van der Waals surface area contributed by atoms with E-state index in [9.17, 15) is 13.2 Å². The molecule has 1 saturated carbocycles. The average Bonchev–Trinajstić information content (AvgIpc) is 2.92. The van der Waals surface area contributed by atoms with Crippen molar-refractivity contribution in [3.05, 3.63) is 35.9 Å². The molecule has 2 heterocycles. The number of oxime groups is 1. The van der Waals surface area contributed by atoms with Gasteiger partial charge in [0.05, 0.1) is 0 Å². The zero-order chi connectivity index (χ0) is 19.8. The molecule has 1 aromatic carbocycles. The Kier molecular flexibility index (Phi) is 5.07. The summed E-state index contributed by atoms with van der Waals surface area (Å²) in [5.74, 6) is 0.540. The summed E-state index contributed by atoms with van der Waals surface area (Å²) in [6, 6.07) is 10.6. The molecule has 1 aromatic rings. The second kappa shape index (κ2) is 7.03. The lowest BCUT2D eigenvalue weighted by Gasteiger charge is -2.32. The average molecular weight is 385 g/mol. The van der Waals surface area contributed by atoms with Crippen LogP contribution < -0.4 is 5.32 Å². The number of piperidine rings is 1. The van der Waals surface area contributed by atoms with Crippen LogP contribution in [0.3, 0.4) is 0 Å². The van der Waals surface area contributed by atoms with Crippen molar-refractivity contribution in [1.29, 1.82) is 0 Å². The monoisotopic (exact) mass is 385 g/mol. The van der Waals surface area contributed by atoms with Gasteiger partial charge in [0.25, 0.3) is 0 Å². The summed E-state index contributed by atoms with van der Waals surface area (Å²) in [4.78, 5) is 16.9. The topological polar surface area (TPSA) is 74.2 Å². The van der Waals surface area contributed by atoms with Gasteiger partial charge in [-0.25, -0.2) is 4.79 Å². The van der Waals surface area contributed by atoms with Crippen LogP contribution >= 0.6 is 0 Å². The van der Waals surface area contributed by atoms with Gasteiger partial charge in [0.15, 0.2) is 5.84 Å². The lowest BCUT2D eigenvalue weighted by atomic mass is 10.1. The number of hydrogen-bond acceptors (Lipinski definition) is 5. The minimum absolute atomic E-state index is 0.338. The molecule has 6 nitrogen and oxygen atoms in total. The zero-order valence-electron chi connectivity index (χ0n) is 15.0. The Morgan fingerprint density at radius 1 is 1.30 bits per heavy atom. The van der Waals surface area contributed by atoms with Crippen molar-refractivity contribution in [1.82, 2.24) is 10.2 Å². The van der Waals surface area contributed by atoms with E-state index in [2.05, 4.69) is 59.6 Å². The Morgan fingerprint density at radius 3 is 2.37 bits per heavy atom. The summed E-state index contributed by atoms with van der Waals surface area (Å²) in [5, 5.41) is 15.0. The Bertz CT molecular complexity index is 712. The zero-order valence-corrected chi connectivity index (χ0v) is 15.0. The van der Waals surface area contributed by atoms with Crippen LogP contribution in [-0.4, -0.2) is 46.8 Å². The highest BCUT2D eigenvalue weighted by Crippen LogP contribution is 2.52. The lowest BCUT2D eigenvalue weighted by molar-refractivity contribution is -0.192. The van der Waals surface area contributed by atoms with E-state index in [1.54, 1.807) is 0 Å². The molecule has 2 N–H and O–H groups in total. The quantitative estimate of drug-likeness (QED) is 0.837. The number of benzene rings is 1. The third kappa shape index (κ3) is 4.18. The number of nitrogens with zero attached hydrogens (tertiary/aromatic N) is 2. The second-order valence-corrected chi connectivity index (χ2v) is 7.37. The van der Waals surface area contributed by atoms with Gasteiger partial charge in [0.1, 0.15) is 0 Å². The summed E-state index contributed by atoms with van der Waals surface area (Å²) in [7, 11) is 0. The minimum Gasteiger partial charge on any atom is -0.475 e. The van der Waals surface area contributed by atoms with Crippen LogP contribution in [0.4, 0.5) is 13.2 Å². The number of rotatable bonds is 3. The molecule has 0 radical (unpaired) electrons. The fourth-order valence-corrected chi connectivity index (χ4v) is 3.61. The molecule has 1 aliphatic carbocycles. The van der Waals surface area contributed by atoms with E-state index in [-0.39, 0.29) is 5.72 Å². The molecule has 2 fully saturated rings. The van der Waals surface area contributed by atoms with E-state index in [4.69, 9.17) is 14.7 Å². The van der Waals surface area contributed by atoms with Gasteiger partial charge in [0, 0.05) is 12.5 Å².